The van der Waals surface area contributed by atoms with Crippen LogP contribution >= 0.6 is 0 Å². The van der Waals surface area contributed by atoms with E-state index in [1.807, 2.05) is 6.07 Å². The first-order valence-electron chi connectivity index (χ1n) is 6.29. The highest BCUT2D eigenvalue weighted by molar-refractivity contribution is 5.72. The summed E-state index contributed by atoms with van der Waals surface area (Å²) in [5.74, 6) is 0.151. The van der Waals surface area contributed by atoms with Crippen LogP contribution in [0.5, 0.6) is 5.75 Å². The van der Waals surface area contributed by atoms with E-state index in [2.05, 4.69) is 18.2 Å². The van der Waals surface area contributed by atoms with Gasteiger partial charge in [-0.25, -0.2) is 0 Å². The lowest BCUT2D eigenvalue weighted by atomic mass is 9.86. The van der Waals surface area contributed by atoms with E-state index in [0.29, 0.717) is 6.42 Å². The zero-order chi connectivity index (χ0) is 13.0. The molecule has 3 nitrogen and oxygen atoms in total. The molecule has 1 aromatic rings. The molecule has 0 radical (unpaired) electrons. The minimum atomic E-state index is -0.738. The van der Waals surface area contributed by atoms with Gasteiger partial charge in [0.1, 0.15) is 5.75 Å². The van der Waals surface area contributed by atoms with Crippen LogP contribution < -0.4 is 4.74 Å². The van der Waals surface area contributed by atoms with Gasteiger partial charge >= 0.3 is 5.97 Å². The number of carboxylic acids is 1. The van der Waals surface area contributed by atoms with Crippen molar-refractivity contribution in [3.05, 3.63) is 35.4 Å². The van der Waals surface area contributed by atoms with Crippen LogP contribution in [0.1, 0.15) is 36.8 Å². The highest BCUT2D eigenvalue weighted by Crippen LogP contribution is 2.33. The van der Waals surface area contributed by atoms with Crippen molar-refractivity contribution in [2.45, 2.75) is 32.1 Å². The summed E-state index contributed by atoms with van der Waals surface area (Å²) >= 11 is 0. The van der Waals surface area contributed by atoms with Gasteiger partial charge in [0.25, 0.3) is 0 Å². The number of hydrogen-bond acceptors (Lipinski definition) is 2. The van der Waals surface area contributed by atoms with Gasteiger partial charge in [-0.2, -0.15) is 0 Å². The maximum absolute atomic E-state index is 10.5. The van der Waals surface area contributed by atoms with Gasteiger partial charge in [0.15, 0.2) is 0 Å². The maximum atomic E-state index is 10.5. The summed E-state index contributed by atoms with van der Waals surface area (Å²) in [5, 5.41) is 8.66. The van der Waals surface area contributed by atoms with Crippen molar-refractivity contribution >= 4 is 11.5 Å². The molecule has 0 fully saturated rings. The third-order valence-electron chi connectivity index (χ3n) is 3.30. The third-order valence-corrected chi connectivity index (χ3v) is 3.30. The molecule has 2 rings (SSSR count). The van der Waals surface area contributed by atoms with Gasteiger partial charge in [0.2, 0.25) is 0 Å². The molecule has 0 saturated carbocycles. The average molecular weight is 246 g/mol. The van der Waals surface area contributed by atoms with Gasteiger partial charge in [-0.15, -0.1) is 0 Å². The number of hydrogen-bond donors (Lipinski definition) is 1. The highest BCUT2D eigenvalue weighted by atomic mass is 16.5. The number of fused-ring (bicyclic) bond motifs is 1. The Morgan fingerprint density at radius 2 is 2.28 bits per heavy atom. The van der Waals surface area contributed by atoms with Crippen LogP contribution in [0.25, 0.3) is 5.57 Å². The van der Waals surface area contributed by atoms with Crippen molar-refractivity contribution in [2.24, 2.45) is 0 Å². The van der Waals surface area contributed by atoms with E-state index >= 15 is 0 Å². The van der Waals surface area contributed by atoms with Gasteiger partial charge < -0.3 is 9.84 Å². The number of methoxy groups -OCH3 is 1. The average Bonchev–Trinajstić information content (AvgIpc) is 2.38. The fourth-order valence-electron chi connectivity index (χ4n) is 2.40. The summed E-state index contributed by atoms with van der Waals surface area (Å²) in [6.45, 7) is 0. The van der Waals surface area contributed by atoms with E-state index < -0.39 is 5.97 Å². The number of benzene rings is 1. The zero-order valence-corrected chi connectivity index (χ0v) is 10.6. The Bertz CT molecular complexity index is 475. The molecule has 0 saturated heterocycles. The number of aliphatic carboxylic acids is 1. The molecule has 0 aromatic heterocycles. The quantitative estimate of drug-likeness (QED) is 0.886. The Labute approximate surface area is 107 Å². The topological polar surface area (TPSA) is 46.5 Å². The third kappa shape index (κ3) is 2.92. The lowest BCUT2D eigenvalue weighted by Crippen LogP contribution is -2.02. The first-order valence-corrected chi connectivity index (χ1v) is 6.29. The molecular formula is C15H18O3. The monoisotopic (exact) mass is 246 g/mol. The summed E-state index contributed by atoms with van der Waals surface area (Å²) in [7, 11) is 1.67. The first kappa shape index (κ1) is 12.7. The highest BCUT2D eigenvalue weighted by Gasteiger charge is 2.14. The van der Waals surface area contributed by atoms with Crippen molar-refractivity contribution < 1.29 is 14.6 Å². The number of carbonyl (C=O) groups is 1. The molecule has 18 heavy (non-hydrogen) atoms. The van der Waals surface area contributed by atoms with Gasteiger partial charge in [-0.05, 0) is 54.5 Å². The Kier molecular flexibility index (Phi) is 4.03. The van der Waals surface area contributed by atoms with Crippen LogP contribution in [0.4, 0.5) is 0 Å². The Morgan fingerprint density at radius 1 is 1.44 bits per heavy atom. The van der Waals surface area contributed by atoms with Crippen LogP contribution in [0.3, 0.4) is 0 Å². The standard InChI is InChI=1S/C15H18O3/c1-18-13-8-9-14-11(5-3-7-15(16)17)4-2-6-12(14)10-13/h5,8-10H,2-4,6-7H2,1H3,(H,16,17)/b11-5+. The first-order chi connectivity index (χ1) is 8.70. The molecule has 0 amide bonds. The van der Waals surface area contributed by atoms with E-state index in [0.717, 1.165) is 25.0 Å². The maximum Gasteiger partial charge on any atom is 0.303 e. The normalized spacial score (nSPS) is 16.4. The Morgan fingerprint density at radius 3 is 3.00 bits per heavy atom. The van der Waals surface area contributed by atoms with Crippen LogP contribution in [-0.2, 0) is 11.2 Å². The van der Waals surface area contributed by atoms with E-state index in [9.17, 15) is 4.79 Å². The summed E-state index contributed by atoms with van der Waals surface area (Å²) in [5.41, 5.74) is 3.84. The van der Waals surface area contributed by atoms with Crippen molar-refractivity contribution in [3.63, 3.8) is 0 Å². The molecule has 1 aliphatic carbocycles. The molecule has 0 aliphatic heterocycles. The number of carboxylic acid groups (broad SMARTS) is 1. The summed E-state index contributed by atoms with van der Waals surface area (Å²) in [4.78, 5) is 10.5. The Hall–Kier alpha value is -1.77. The van der Waals surface area contributed by atoms with Crippen molar-refractivity contribution in [3.8, 4) is 5.75 Å². The lowest BCUT2D eigenvalue weighted by molar-refractivity contribution is -0.136. The molecule has 1 aromatic carbocycles. The van der Waals surface area contributed by atoms with E-state index in [1.54, 1.807) is 7.11 Å². The fraction of sp³-hybridized carbons (Fsp3) is 0.400. The summed E-state index contributed by atoms with van der Waals surface area (Å²) < 4.78 is 5.23. The molecule has 1 aliphatic rings. The van der Waals surface area contributed by atoms with Gasteiger partial charge in [0, 0.05) is 6.42 Å². The molecule has 0 atom stereocenters. The number of allylic oxidation sites excluding steroid dienone is 2. The van der Waals surface area contributed by atoms with Crippen LogP contribution in [0, 0.1) is 0 Å². The largest absolute Gasteiger partial charge is 0.497 e. The van der Waals surface area contributed by atoms with E-state index in [1.165, 1.54) is 16.7 Å². The summed E-state index contributed by atoms with van der Waals surface area (Å²) in [6.07, 6.45) is 6.12. The van der Waals surface area contributed by atoms with Gasteiger partial charge in [-0.1, -0.05) is 12.1 Å². The van der Waals surface area contributed by atoms with Crippen LogP contribution in [0.15, 0.2) is 24.3 Å². The molecule has 3 heteroatoms. The molecule has 0 unspecified atom stereocenters. The van der Waals surface area contributed by atoms with Crippen LogP contribution in [-0.4, -0.2) is 18.2 Å². The second-order valence-electron chi connectivity index (χ2n) is 4.54. The lowest BCUT2D eigenvalue weighted by Gasteiger charge is -2.19. The zero-order valence-electron chi connectivity index (χ0n) is 10.6. The van der Waals surface area contributed by atoms with Gasteiger partial charge in [0.05, 0.1) is 7.11 Å². The number of ether oxygens (including phenoxy) is 1. The van der Waals surface area contributed by atoms with Crippen molar-refractivity contribution in [2.75, 3.05) is 7.11 Å². The van der Waals surface area contributed by atoms with E-state index in [4.69, 9.17) is 9.84 Å². The fourth-order valence-corrected chi connectivity index (χ4v) is 2.40. The van der Waals surface area contributed by atoms with E-state index in [-0.39, 0.29) is 6.42 Å². The smallest absolute Gasteiger partial charge is 0.303 e. The van der Waals surface area contributed by atoms with Crippen molar-refractivity contribution in [1.82, 2.24) is 0 Å². The molecule has 0 spiro atoms. The van der Waals surface area contributed by atoms with Crippen molar-refractivity contribution in [1.29, 1.82) is 0 Å². The SMILES string of the molecule is COc1ccc2c(c1)CCC/C2=C\CCC(=O)O. The molecule has 0 bridgehead atoms. The summed E-state index contributed by atoms with van der Waals surface area (Å²) in [6, 6.07) is 6.13. The minimum absolute atomic E-state index is 0.203. The predicted octanol–water partition coefficient (Wildman–Crippen LogP) is 3.28. The Balaban J connectivity index is 2.19. The molecule has 96 valence electrons. The van der Waals surface area contributed by atoms with Gasteiger partial charge in [-0.3, -0.25) is 4.79 Å². The molecular weight excluding hydrogens is 228 g/mol. The number of aryl methyl sites for hydroxylation is 1. The molecule has 0 heterocycles. The van der Waals surface area contributed by atoms with Crippen LogP contribution in [0.2, 0.25) is 0 Å². The minimum Gasteiger partial charge on any atom is -0.497 e. The predicted molar refractivity (Wildman–Crippen MR) is 70.8 cm³/mol. The second kappa shape index (κ2) is 5.71. The second-order valence-corrected chi connectivity index (χ2v) is 4.54. The molecule has 1 N–H and O–H groups in total. The number of rotatable bonds is 4.